The van der Waals surface area contributed by atoms with Gasteiger partial charge in [0.2, 0.25) is 5.91 Å². The number of carbonyl (C=O) groups excluding carboxylic acids is 1. The van der Waals surface area contributed by atoms with E-state index in [0.717, 1.165) is 11.3 Å². The standard InChI is InChI=1S/C14H21NO3/c1-14(2,3)18-15-13(16)10-9-11-7-5-6-8-12(11)17-4/h5-8H,9-10H2,1-4H3,(H,15,16). The lowest BCUT2D eigenvalue weighted by atomic mass is 10.1. The SMILES string of the molecule is COc1ccccc1CCC(=O)NOC(C)(C)C. The number of amides is 1. The zero-order valence-corrected chi connectivity index (χ0v) is 11.4. The average Bonchev–Trinajstić information content (AvgIpc) is 2.33. The van der Waals surface area contributed by atoms with Crippen molar-refractivity contribution in [2.45, 2.75) is 39.2 Å². The van der Waals surface area contributed by atoms with Gasteiger partial charge in [-0.3, -0.25) is 9.63 Å². The summed E-state index contributed by atoms with van der Waals surface area (Å²) in [6, 6.07) is 7.68. The molecule has 0 aromatic heterocycles. The van der Waals surface area contributed by atoms with Gasteiger partial charge < -0.3 is 4.74 Å². The van der Waals surface area contributed by atoms with Crippen molar-refractivity contribution in [2.75, 3.05) is 7.11 Å². The van der Waals surface area contributed by atoms with E-state index in [0.29, 0.717) is 12.8 Å². The number of methoxy groups -OCH3 is 1. The molecule has 1 amide bonds. The Kier molecular flexibility index (Phi) is 5.16. The summed E-state index contributed by atoms with van der Waals surface area (Å²) < 4.78 is 5.23. The van der Waals surface area contributed by atoms with E-state index in [4.69, 9.17) is 9.57 Å². The Balaban J connectivity index is 2.43. The van der Waals surface area contributed by atoms with Crippen LogP contribution in [-0.2, 0) is 16.1 Å². The number of benzene rings is 1. The Labute approximate surface area is 108 Å². The van der Waals surface area contributed by atoms with Gasteiger partial charge in [0.15, 0.2) is 0 Å². The van der Waals surface area contributed by atoms with Crippen molar-refractivity contribution in [1.82, 2.24) is 5.48 Å². The summed E-state index contributed by atoms with van der Waals surface area (Å²) in [5.74, 6) is 0.679. The quantitative estimate of drug-likeness (QED) is 0.818. The average molecular weight is 251 g/mol. The zero-order chi connectivity index (χ0) is 13.6. The normalized spacial score (nSPS) is 11.1. The van der Waals surface area contributed by atoms with Crippen LogP contribution >= 0.6 is 0 Å². The molecule has 0 fully saturated rings. The van der Waals surface area contributed by atoms with E-state index in [1.54, 1.807) is 7.11 Å². The number of carbonyl (C=O) groups is 1. The minimum atomic E-state index is -0.375. The lowest BCUT2D eigenvalue weighted by Gasteiger charge is -2.19. The van der Waals surface area contributed by atoms with E-state index in [2.05, 4.69) is 5.48 Å². The number of hydrogen-bond donors (Lipinski definition) is 1. The largest absolute Gasteiger partial charge is 0.496 e. The molecule has 1 aromatic rings. The van der Waals surface area contributed by atoms with E-state index in [1.165, 1.54) is 0 Å². The van der Waals surface area contributed by atoms with Crippen LogP contribution in [0, 0.1) is 0 Å². The molecule has 0 heterocycles. The van der Waals surface area contributed by atoms with E-state index in [-0.39, 0.29) is 11.5 Å². The fraction of sp³-hybridized carbons (Fsp3) is 0.500. The predicted molar refractivity (Wildman–Crippen MR) is 70.3 cm³/mol. The molecule has 0 spiro atoms. The highest BCUT2D eigenvalue weighted by atomic mass is 16.7. The van der Waals surface area contributed by atoms with Gasteiger partial charge in [0, 0.05) is 6.42 Å². The molecule has 0 aliphatic rings. The van der Waals surface area contributed by atoms with E-state index < -0.39 is 0 Å². The van der Waals surface area contributed by atoms with Crippen LogP contribution < -0.4 is 10.2 Å². The number of nitrogens with one attached hydrogen (secondary N) is 1. The molecule has 0 saturated carbocycles. The second-order valence-electron chi connectivity index (χ2n) is 5.05. The van der Waals surface area contributed by atoms with Crippen LogP contribution in [0.2, 0.25) is 0 Å². The molecule has 0 aliphatic carbocycles. The fourth-order valence-corrected chi connectivity index (χ4v) is 1.42. The van der Waals surface area contributed by atoms with Crippen LogP contribution in [0.25, 0.3) is 0 Å². The molecule has 0 radical (unpaired) electrons. The maximum absolute atomic E-state index is 11.6. The lowest BCUT2D eigenvalue weighted by Crippen LogP contribution is -2.33. The zero-order valence-electron chi connectivity index (χ0n) is 11.4. The molecular weight excluding hydrogens is 230 g/mol. The van der Waals surface area contributed by atoms with Gasteiger partial charge in [0.1, 0.15) is 5.75 Å². The number of para-hydroxylation sites is 1. The molecule has 0 saturated heterocycles. The van der Waals surface area contributed by atoms with Gasteiger partial charge in [0.25, 0.3) is 0 Å². The number of hydrogen-bond acceptors (Lipinski definition) is 3. The molecule has 1 rings (SSSR count). The number of aryl methyl sites for hydroxylation is 1. The highest BCUT2D eigenvalue weighted by Gasteiger charge is 2.13. The van der Waals surface area contributed by atoms with Crippen molar-refractivity contribution in [1.29, 1.82) is 0 Å². The summed E-state index contributed by atoms with van der Waals surface area (Å²) in [6.07, 6.45) is 1.000. The predicted octanol–water partition coefficient (Wildman–Crippen LogP) is 2.47. The van der Waals surface area contributed by atoms with Crippen LogP contribution in [0.5, 0.6) is 5.75 Å². The first kappa shape index (κ1) is 14.5. The van der Waals surface area contributed by atoms with Crippen LogP contribution in [0.15, 0.2) is 24.3 Å². The number of hydroxylamine groups is 1. The molecular formula is C14H21NO3. The van der Waals surface area contributed by atoms with Gasteiger partial charge in [-0.05, 0) is 38.8 Å². The lowest BCUT2D eigenvalue weighted by molar-refractivity contribution is -0.145. The minimum absolute atomic E-state index is 0.129. The number of rotatable bonds is 5. The van der Waals surface area contributed by atoms with Crippen LogP contribution in [0.1, 0.15) is 32.8 Å². The molecule has 0 unspecified atom stereocenters. The van der Waals surface area contributed by atoms with Gasteiger partial charge in [-0.15, -0.1) is 0 Å². The second kappa shape index (κ2) is 6.40. The summed E-state index contributed by atoms with van der Waals surface area (Å²) in [5, 5.41) is 0. The minimum Gasteiger partial charge on any atom is -0.496 e. The third kappa shape index (κ3) is 5.19. The van der Waals surface area contributed by atoms with Gasteiger partial charge >= 0.3 is 0 Å². The molecule has 0 atom stereocenters. The smallest absolute Gasteiger partial charge is 0.243 e. The van der Waals surface area contributed by atoms with Crippen molar-refractivity contribution >= 4 is 5.91 Å². The van der Waals surface area contributed by atoms with E-state index in [9.17, 15) is 4.79 Å². The first-order valence-corrected chi connectivity index (χ1v) is 6.01. The Morgan fingerprint density at radius 3 is 2.56 bits per heavy atom. The topological polar surface area (TPSA) is 47.6 Å². The van der Waals surface area contributed by atoms with Gasteiger partial charge in [-0.2, -0.15) is 0 Å². The molecule has 4 heteroatoms. The summed E-state index contributed by atoms with van der Waals surface area (Å²) >= 11 is 0. The Hall–Kier alpha value is -1.55. The van der Waals surface area contributed by atoms with Crippen LogP contribution in [-0.4, -0.2) is 18.6 Å². The van der Waals surface area contributed by atoms with Crippen LogP contribution in [0.4, 0.5) is 0 Å². The summed E-state index contributed by atoms with van der Waals surface area (Å²) in [6.45, 7) is 5.65. The van der Waals surface area contributed by atoms with Crippen molar-refractivity contribution in [3.63, 3.8) is 0 Å². The van der Waals surface area contributed by atoms with Gasteiger partial charge in [0.05, 0.1) is 12.7 Å². The second-order valence-corrected chi connectivity index (χ2v) is 5.05. The summed E-state index contributed by atoms with van der Waals surface area (Å²) in [7, 11) is 1.63. The molecule has 0 aliphatic heterocycles. The molecule has 1 N–H and O–H groups in total. The monoisotopic (exact) mass is 251 g/mol. The molecule has 100 valence electrons. The first-order valence-electron chi connectivity index (χ1n) is 6.01. The highest BCUT2D eigenvalue weighted by Crippen LogP contribution is 2.18. The van der Waals surface area contributed by atoms with Crippen molar-refractivity contribution in [3.8, 4) is 5.75 Å². The number of ether oxygens (including phenoxy) is 1. The first-order chi connectivity index (χ1) is 8.42. The summed E-state index contributed by atoms with van der Waals surface area (Å²) in [4.78, 5) is 16.8. The Bertz CT molecular complexity index is 396. The van der Waals surface area contributed by atoms with E-state index >= 15 is 0 Å². The molecule has 18 heavy (non-hydrogen) atoms. The maximum Gasteiger partial charge on any atom is 0.243 e. The maximum atomic E-state index is 11.6. The van der Waals surface area contributed by atoms with Gasteiger partial charge in [-0.1, -0.05) is 18.2 Å². The van der Waals surface area contributed by atoms with E-state index in [1.807, 2.05) is 45.0 Å². The van der Waals surface area contributed by atoms with Crippen LogP contribution in [0.3, 0.4) is 0 Å². The summed E-state index contributed by atoms with van der Waals surface area (Å²) in [5.41, 5.74) is 3.10. The Morgan fingerprint density at radius 1 is 1.28 bits per heavy atom. The third-order valence-corrected chi connectivity index (χ3v) is 2.28. The molecule has 0 bridgehead atoms. The molecule has 1 aromatic carbocycles. The fourth-order valence-electron chi connectivity index (χ4n) is 1.42. The van der Waals surface area contributed by atoms with Crippen molar-refractivity contribution in [3.05, 3.63) is 29.8 Å². The highest BCUT2D eigenvalue weighted by molar-refractivity contribution is 5.75. The van der Waals surface area contributed by atoms with Crippen molar-refractivity contribution in [2.24, 2.45) is 0 Å². The van der Waals surface area contributed by atoms with Gasteiger partial charge in [-0.25, -0.2) is 5.48 Å². The Morgan fingerprint density at radius 2 is 1.94 bits per heavy atom. The molecule has 4 nitrogen and oxygen atoms in total. The van der Waals surface area contributed by atoms with Crippen molar-refractivity contribution < 1.29 is 14.4 Å². The third-order valence-electron chi connectivity index (χ3n) is 2.28.